The van der Waals surface area contributed by atoms with Crippen molar-refractivity contribution in [1.82, 2.24) is 5.32 Å². The summed E-state index contributed by atoms with van der Waals surface area (Å²) in [6.45, 7) is 1.53. The summed E-state index contributed by atoms with van der Waals surface area (Å²) in [5.41, 5.74) is 0.795. The van der Waals surface area contributed by atoms with Gasteiger partial charge in [-0.25, -0.2) is 4.79 Å². The Morgan fingerprint density at radius 1 is 1.27 bits per heavy atom. The van der Waals surface area contributed by atoms with Gasteiger partial charge in [-0.1, -0.05) is 37.3 Å². The molecule has 2 atom stereocenters. The summed E-state index contributed by atoms with van der Waals surface area (Å²) in [4.78, 5) is 34.6. The van der Waals surface area contributed by atoms with Crippen molar-refractivity contribution in [1.29, 1.82) is 5.26 Å². The summed E-state index contributed by atoms with van der Waals surface area (Å²) in [6.07, 6.45) is -0.151. The molecule has 0 bridgehead atoms. The summed E-state index contributed by atoms with van der Waals surface area (Å²) in [6, 6.07) is 9.64. The fraction of sp³-hybridized carbons (Fsp3) is 0.375. The zero-order valence-corrected chi connectivity index (χ0v) is 12.3. The predicted octanol–water partition coefficient (Wildman–Crippen LogP) is 1.31. The molecule has 0 unspecified atom stereocenters. The standard InChI is InChI=1S/C16H18N2O4/c1-11(9-13(19)7-8-17)15(20)18-14(16(21)22)10-12-5-3-2-4-6-12/h2-6,11,14H,7,9-10H2,1H3,(H,18,20)(H,21,22)/t11-,14+/m1/s1. The van der Waals surface area contributed by atoms with Gasteiger partial charge in [0.1, 0.15) is 11.8 Å². The van der Waals surface area contributed by atoms with Crippen molar-refractivity contribution in [3.05, 3.63) is 35.9 Å². The minimum Gasteiger partial charge on any atom is -0.480 e. The second-order valence-electron chi connectivity index (χ2n) is 5.07. The molecule has 0 spiro atoms. The lowest BCUT2D eigenvalue weighted by molar-refractivity contribution is -0.142. The number of carboxylic acid groups (broad SMARTS) is 1. The number of carbonyl (C=O) groups excluding carboxylic acids is 2. The van der Waals surface area contributed by atoms with Crippen LogP contribution < -0.4 is 5.32 Å². The number of ketones is 1. The number of nitrogens with one attached hydrogen (secondary N) is 1. The van der Waals surface area contributed by atoms with Crippen molar-refractivity contribution >= 4 is 17.7 Å². The predicted molar refractivity (Wildman–Crippen MR) is 78.7 cm³/mol. The maximum absolute atomic E-state index is 12.0. The van der Waals surface area contributed by atoms with Crippen LogP contribution in [0.5, 0.6) is 0 Å². The van der Waals surface area contributed by atoms with Crippen molar-refractivity contribution in [2.45, 2.75) is 32.2 Å². The number of amides is 1. The van der Waals surface area contributed by atoms with Gasteiger partial charge in [0.05, 0.1) is 12.5 Å². The second-order valence-corrected chi connectivity index (χ2v) is 5.07. The second kappa shape index (κ2) is 8.57. The van der Waals surface area contributed by atoms with Gasteiger partial charge in [-0.05, 0) is 5.56 Å². The molecule has 0 aliphatic heterocycles. The molecule has 0 heterocycles. The fourth-order valence-electron chi connectivity index (χ4n) is 1.96. The molecule has 1 aromatic rings. The van der Waals surface area contributed by atoms with Crippen LogP contribution in [0.4, 0.5) is 0 Å². The first-order valence-electron chi connectivity index (χ1n) is 6.89. The Kier molecular flexibility index (Phi) is 6.77. The Hall–Kier alpha value is -2.68. The van der Waals surface area contributed by atoms with Gasteiger partial charge in [-0.3, -0.25) is 9.59 Å². The lowest BCUT2D eigenvalue weighted by Gasteiger charge is -2.17. The highest BCUT2D eigenvalue weighted by atomic mass is 16.4. The monoisotopic (exact) mass is 302 g/mol. The van der Waals surface area contributed by atoms with E-state index in [2.05, 4.69) is 5.32 Å². The van der Waals surface area contributed by atoms with Crippen molar-refractivity contribution in [3.63, 3.8) is 0 Å². The maximum Gasteiger partial charge on any atom is 0.326 e. The quantitative estimate of drug-likeness (QED) is 0.752. The van der Waals surface area contributed by atoms with Crippen molar-refractivity contribution in [3.8, 4) is 6.07 Å². The van der Waals surface area contributed by atoms with Crippen LogP contribution >= 0.6 is 0 Å². The first-order chi connectivity index (χ1) is 10.4. The highest BCUT2D eigenvalue weighted by Gasteiger charge is 2.24. The number of nitrogens with zero attached hydrogens (tertiary/aromatic N) is 1. The molecule has 6 nitrogen and oxygen atoms in total. The number of hydrogen-bond donors (Lipinski definition) is 2. The molecule has 0 saturated heterocycles. The molecule has 1 aromatic carbocycles. The number of aliphatic carboxylic acids is 1. The van der Waals surface area contributed by atoms with Gasteiger partial charge in [0, 0.05) is 18.8 Å². The van der Waals surface area contributed by atoms with E-state index in [9.17, 15) is 19.5 Å². The minimum absolute atomic E-state index is 0.0724. The molecule has 0 fully saturated rings. The van der Waals surface area contributed by atoms with Crippen LogP contribution in [0.2, 0.25) is 0 Å². The lowest BCUT2D eigenvalue weighted by atomic mass is 10.0. The molecule has 0 saturated carbocycles. The first-order valence-corrected chi connectivity index (χ1v) is 6.89. The van der Waals surface area contributed by atoms with E-state index in [1.807, 2.05) is 6.07 Å². The van der Waals surface area contributed by atoms with Gasteiger partial charge in [0.15, 0.2) is 0 Å². The Morgan fingerprint density at radius 3 is 2.45 bits per heavy atom. The summed E-state index contributed by atoms with van der Waals surface area (Å²) in [5.74, 6) is -2.64. The summed E-state index contributed by atoms with van der Waals surface area (Å²) in [5, 5.41) is 20.1. The molecular formula is C16H18N2O4. The van der Waals surface area contributed by atoms with Crippen molar-refractivity contribution in [2.75, 3.05) is 0 Å². The van der Waals surface area contributed by atoms with Gasteiger partial charge in [-0.2, -0.15) is 5.26 Å². The molecule has 6 heteroatoms. The summed E-state index contributed by atoms with van der Waals surface area (Å²) in [7, 11) is 0. The molecule has 2 N–H and O–H groups in total. The van der Waals surface area contributed by atoms with E-state index in [0.29, 0.717) is 0 Å². The van der Waals surface area contributed by atoms with Gasteiger partial charge >= 0.3 is 5.97 Å². The summed E-state index contributed by atoms with van der Waals surface area (Å²) >= 11 is 0. The average Bonchev–Trinajstić information content (AvgIpc) is 2.47. The largest absolute Gasteiger partial charge is 0.480 e. The van der Waals surface area contributed by atoms with Crippen LogP contribution in [0.3, 0.4) is 0 Å². The normalized spacial score (nSPS) is 12.7. The number of Topliss-reactive ketones (excluding diaryl/α,β-unsaturated/α-hetero) is 1. The van der Waals surface area contributed by atoms with Crippen LogP contribution in [-0.4, -0.2) is 28.8 Å². The number of rotatable bonds is 8. The van der Waals surface area contributed by atoms with Crippen LogP contribution in [0, 0.1) is 17.2 Å². The number of nitriles is 1. The third kappa shape index (κ3) is 5.75. The molecule has 0 aromatic heterocycles. The first kappa shape index (κ1) is 17.4. The third-order valence-corrected chi connectivity index (χ3v) is 3.15. The average molecular weight is 302 g/mol. The Labute approximate surface area is 128 Å². The van der Waals surface area contributed by atoms with E-state index in [-0.39, 0.29) is 25.0 Å². The van der Waals surface area contributed by atoms with Gasteiger partial charge in [0.25, 0.3) is 0 Å². The molecule has 116 valence electrons. The van der Waals surface area contributed by atoms with E-state index in [0.717, 1.165) is 5.56 Å². The topological polar surface area (TPSA) is 107 Å². The molecular weight excluding hydrogens is 284 g/mol. The van der Waals surface area contributed by atoms with Crippen LogP contribution in [0.25, 0.3) is 0 Å². The Bertz CT molecular complexity index is 578. The van der Waals surface area contributed by atoms with E-state index in [1.54, 1.807) is 30.3 Å². The fourth-order valence-corrected chi connectivity index (χ4v) is 1.96. The highest BCUT2D eigenvalue weighted by molar-refractivity contribution is 5.89. The van der Waals surface area contributed by atoms with Gasteiger partial charge in [0.2, 0.25) is 5.91 Å². The van der Waals surface area contributed by atoms with Gasteiger partial charge in [-0.15, -0.1) is 0 Å². The Morgan fingerprint density at radius 2 is 1.91 bits per heavy atom. The highest BCUT2D eigenvalue weighted by Crippen LogP contribution is 2.08. The smallest absolute Gasteiger partial charge is 0.326 e. The molecule has 0 aliphatic rings. The van der Waals surface area contributed by atoms with Crippen molar-refractivity contribution in [2.24, 2.45) is 5.92 Å². The molecule has 1 rings (SSSR count). The van der Waals surface area contributed by atoms with E-state index in [1.165, 1.54) is 6.92 Å². The van der Waals surface area contributed by atoms with Crippen LogP contribution in [0.1, 0.15) is 25.3 Å². The number of benzene rings is 1. The number of carbonyl (C=O) groups is 3. The third-order valence-electron chi connectivity index (χ3n) is 3.15. The Balaban J connectivity index is 2.63. The van der Waals surface area contributed by atoms with Crippen LogP contribution in [-0.2, 0) is 20.8 Å². The maximum atomic E-state index is 12.0. The molecule has 0 aliphatic carbocycles. The van der Waals surface area contributed by atoms with Crippen LogP contribution in [0.15, 0.2) is 30.3 Å². The minimum atomic E-state index is -1.13. The summed E-state index contributed by atoms with van der Waals surface area (Å²) < 4.78 is 0. The van der Waals surface area contributed by atoms with E-state index < -0.39 is 23.8 Å². The SMILES string of the molecule is C[C@H](CC(=O)CC#N)C(=O)N[C@@H](Cc1ccccc1)C(=O)O. The molecule has 1 amide bonds. The number of hydrogen-bond acceptors (Lipinski definition) is 4. The zero-order chi connectivity index (χ0) is 16.5. The molecule has 0 radical (unpaired) electrons. The van der Waals surface area contributed by atoms with Crippen molar-refractivity contribution < 1.29 is 19.5 Å². The zero-order valence-electron chi connectivity index (χ0n) is 12.3. The van der Waals surface area contributed by atoms with Gasteiger partial charge < -0.3 is 10.4 Å². The van der Waals surface area contributed by atoms with E-state index in [4.69, 9.17) is 5.26 Å². The van der Waals surface area contributed by atoms with E-state index >= 15 is 0 Å². The lowest BCUT2D eigenvalue weighted by Crippen LogP contribution is -2.44. The molecule has 22 heavy (non-hydrogen) atoms. The number of carboxylic acids is 1.